The van der Waals surface area contributed by atoms with E-state index in [1.54, 1.807) is 49.4 Å². The number of ketones is 2. The molecule has 0 fully saturated rings. The van der Waals surface area contributed by atoms with Gasteiger partial charge in [-0.3, -0.25) is 9.59 Å². The second-order valence-electron chi connectivity index (χ2n) is 7.96. The van der Waals surface area contributed by atoms with Crippen molar-refractivity contribution in [3.63, 3.8) is 0 Å². The van der Waals surface area contributed by atoms with Crippen molar-refractivity contribution < 1.29 is 34.1 Å². The molecule has 33 heavy (non-hydrogen) atoms. The average Bonchev–Trinajstić information content (AvgIpc) is 2.84. The van der Waals surface area contributed by atoms with Crippen molar-refractivity contribution in [2.45, 2.75) is 13.3 Å². The molecular weight excluding hydrogens is 424 g/mol. The Hall–Kier alpha value is -4.13. The van der Waals surface area contributed by atoms with E-state index in [1.807, 2.05) is 0 Å². The first kappa shape index (κ1) is 22.1. The summed E-state index contributed by atoms with van der Waals surface area (Å²) in [5.41, 5.74) is 0.438. The van der Waals surface area contributed by atoms with Gasteiger partial charge in [-0.1, -0.05) is 55.5 Å². The van der Waals surface area contributed by atoms with Crippen LogP contribution in [0.5, 0.6) is 11.5 Å². The highest BCUT2D eigenvalue weighted by Crippen LogP contribution is 2.36. The third-order valence-corrected chi connectivity index (χ3v) is 5.66. The third-order valence-electron chi connectivity index (χ3n) is 5.66. The van der Waals surface area contributed by atoms with Crippen LogP contribution in [0.1, 0.15) is 39.6 Å². The predicted molar refractivity (Wildman–Crippen MR) is 122 cm³/mol. The number of carbonyl (C=O) groups is 3. The van der Waals surface area contributed by atoms with Gasteiger partial charge >= 0.3 is 5.97 Å². The van der Waals surface area contributed by atoms with Crippen molar-refractivity contribution in [2.75, 3.05) is 13.7 Å². The maximum Gasteiger partial charge on any atom is 0.342 e. The molecule has 1 aliphatic rings. The molecule has 0 bridgehead atoms. The van der Waals surface area contributed by atoms with Crippen LogP contribution in [0.3, 0.4) is 0 Å². The summed E-state index contributed by atoms with van der Waals surface area (Å²) in [5, 5.41) is 22.3. The zero-order valence-electron chi connectivity index (χ0n) is 18.1. The number of allylic oxidation sites excluding steroid dienone is 1. The molecule has 168 valence electrons. The fraction of sp³-hybridized carbons (Fsp3) is 0.192. The van der Waals surface area contributed by atoms with Crippen molar-refractivity contribution in [3.05, 3.63) is 76.9 Å². The molecule has 0 aromatic heterocycles. The van der Waals surface area contributed by atoms with Gasteiger partial charge in [0.2, 0.25) is 11.6 Å². The number of hydrogen-bond acceptors (Lipinski definition) is 7. The number of fused-ring (bicyclic) bond motifs is 2. The molecule has 3 aromatic carbocycles. The zero-order valence-corrected chi connectivity index (χ0v) is 18.1. The Balaban J connectivity index is 1.51. The summed E-state index contributed by atoms with van der Waals surface area (Å²) in [6.45, 7) is 1.64. The second-order valence-corrected chi connectivity index (χ2v) is 7.96. The summed E-state index contributed by atoms with van der Waals surface area (Å²) in [4.78, 5) is 37.6. The van der Waals surface area contributed by atoms with Crippen LogP contribution in [0.2, 0.25) is 0 Å². The smallest absolute Gasteiger partial charge is 0.342 e. The highest BCUT2D eigenvalue weighted by atomic mass is 16.5. The molecule has 4 rings (SSSR count). The van der Waals surface area contributed by atoms with E-state index in [0.717, 1.165) is 0 Å². The lowest BCUT2D eigenvalue weighted by molar-refractivity contribution is -0.112. The number of aliphatic hydroxyl groups is 1. The van der Waals surface area contributed by atoms with Gasteiger partial charge in [0.1, 0.15) is 22.8 Å². The number of hydrogen-bond donors (Lipinski definition) is 2. The SMILES string of the molecule is COc1cc(C(=O)OCC(C)CC2=C(O)c3ccccc3C(=O)C2=O)c(O)c2ccccc12. The van der Waals surface area contributed by atoms with Gasteiger partial charge in [-0.05, 0) is 18.4 Å². The molecule has 0 radical (unpaired) electrons. The van der Waals surface area contributed by atoms with E-state index in [0.29, 0.717) is 22.1 Å². The van der Waals surface area contributed by atoms with Crippen LogP contribution in [0.4, 0.5) is 0 Å². The number of aromatic hydroxyl groups is 1. The molecule has 7 heteroatoms. The van der Waals surface area contributed by atoms with E-state index < -0.39 is 17.5 Å². The Morgan fingerprint density at radius 3 is 2.27 bits per heavy atom. The largest absolute Gasteiger partial charge is 0.507 e. The summed E-state index contributed by atoms with van der Waals surface area (Å²) in [5.74, 6) is -2.59. The van der Waals surface area contributed by atoms with Gasteiger partial charge in [-0.25, -0.2) is 4.79 Å². The van der Waals surface area contributed by atoms with Crippen molar-refractivity contribution in [1.82, 2.24) is 0 Å². The molecule has 0 heterocycles. The maximum atomic E-state index is 12.7. The molecule has 0 aliphatic heterocycles. The van der Waals surface area contributed by atoms with Crippen molar-refractivity contribution >= 4 is 34.1 Å². The van der Waals surface area contributed by atoms with Crippen LogP contribution in [0, 0.1) is 5.92 Å². The van der Waals surface area contributed by atoms with Crippen molar-refractivity contribution in [3.8, 4) is 11.5 Å². The molecule has 0 saturated carbocycles. The number of phenols is 1. The van der Waals surface area contributed by atoms with E-state index in [4.69, 9.17) is 9.47 Å². The standard InChI is InChI=1S/C26H22O7/c1-14(11-19-22(27)17-9-5-6-10-18(17)24(29)25(19)30)13-33-26(31)20-12-21(32-2)15-7-3-4-8-16(15)23(20)28/h3-10,12,14,27-28H,11,13H2,1-2H3. The maximum absolute atomic E-state index is 12.7. The molecule has 2 N–H and O–H groups in total. The molecular formula is C26H22O7. The van der Waals surface area contributed by atoms with Crippen LogP contribution < -0.4 is 4.74 Å². The molecule has 0 amide bonds. The minimum atomic E-state index is -0.763. The van der Waals surface area contributed by atoms with E-state index >= 15 is 0 Å². The molecule has 7 nitrogen and oxygen atoms in total. The average molecular weight is 446 g/mol. The first-order chi connectivity index (χ1) is 15.8. The third kappa shape index (κ3) is 3.93. The van der Waals surface area contributed by atoms with E-state index in [9.17, 15) is 24.6 Å². The fourth-order valence-corrected chi connectivity index (χ4v) is 3.96. The molecule has 1 unspecified atom stereocenters. The van der Waals surface area contributed by atoms with Crippen LogP contribution in [0.15, 0.2) is 60.2 Å². The van der Waals surface area contributed by atoms with E-state index in [2.05, 4.69) is 0 Å². The number of carbonyl (C=O) groups excluding carboxylic acids is 3. The van der Waals surface area contributed by atoms with Crippen LogP contribution in [0.25, 0.3) is 16.5 Å². The Morgan fingerprint density at radius 1 is 0.939 bits per heavy atom. The van der Waals surface area contributed by atoms with Crippen molar-refractivity contribution in [1.29, 1.82) is 0 Å². The predicted octanol–water partition coefficient (Wildman–Crippen LogP) is 4.47. The second kappa shape index (κ2) is 8.78. The van der Waals surface area contributed by atoms with Gasteiger partial charge in [-0.15, -0.1) is 0 Å². The highest BCUT2D eigenvalue weighted by molar-refractivity contribution is 6.52. The summed E-state index contributed by atoms with van der Waals surface area (Å²) in [6.07, 6.45) is 0.0467. The Labute approximate surface area is 189 Å². The van der Waals surface area contributed by atoms with Crippen LogP contribution in [-0.4, -0.2) is 41.5 Å². The minimum absolute atomic E-state index is 0.00234. The van der Waals surface area contributed by atoms with Gasteiger partial charge in [-0.2, -0.15) is 0 Å². The lowest BCUT2D eigenvalue weighted by Crippen LogP contribution is -2.26. The zero-order chi connectivity index (χ0) is 23.7. The van der Waals surface area contributed by atoms with Crippen LogP contribution >= 0.6 is 0 Å². The van der Waals surface area contributed by atoms with Gasteiger partial charge < -0.3 is 19.7 Å². The number of rotatable bonds is 6. The van der Waals surface area contributed by atoms with E-state index in [-0.39, 0.29) is 47.2 Å². The Morgan fingerprint density at radius 2 is 1.58 bits per heavy atom. The summed E-state index contributed by atoms with van der Waals surface area (Å²) in [6, 6.07) is 14.8. The normalized spacial score (nSPS) is 14.2. The number of ether oxygens (including phenoxy) is 2. The first-order valence-corrected chi connectivity index (χ1v) is 10.4. The molecule has 1 atom stereocenters. The quantitative estimate of drug-likeness (QED) is 0.425. The Bertz CT molecular complexity index is 1320. The van der Waals surface area contributed by atoms with Gasteiger partial charge in [0.15, 0.2) is 0 Å². The summed E-state index contributed by atoms with van der Waals surface area (Å²) in [7, 11) is 1.47. The molecule has 0 spiro atoms. The lowest BCUT2D eigenvalue weighted by Gasteiger charge is -2.20. The number of benzene rings is 3. The van der Waals surface area contributed by atoms with Crippen LogP contribution in [-0.2, 0) is 9.53 Å². The fourth-order valence-electron chi connectivity index (χ4n) is 3.96. The van der Waals surface area contributed by atoms with Gasteiger partial charge in [0.25, 0.3) is 0 Å². The monoisotopic (exact) mass is 446 g/mol. The molecule has 3 aromatic rings. The van der Waals surface area contributed by atoms with E-state index in [1.165, 1.54) is 19.2 Å². The topological polar surface area (TPSA) is 110 Å². The number of esters is 1. The minimum Gasteiger partial charge on any atom is -0.507 e. The number of methoxy groups -OCH3 is 1. The van der Waals surface area contributed by atoms with Gasteiger partial charge in [0, 0.05) is 27.5 Å². The first-order valence-electron chi connectivity index (χ1n) is 10.4. The molecule has 0 saturated heterocycles. The highest BCUT2D eigenvalue weighted by Gasteiger charge is 2.33. The molecule has 1 aliphatic carbocycles. The van der Waals surface area contributed by atoms with Gasteiger partial charge in [0.05, 0.1) is 13.7 Å². The van der Waals surface area contributed by atoms with Crippen molar-refractivity contribution in [2.24, 2.45) is 5.92 Å². The number of aliphatic hydroxyl groups excluding tert-OH is 1. The summed E-state index contributed by atoms with van der Waals surface area (Å²) < 4.78 is 10.7. The summed E-state index contributed by atoms with van der Waals surface area (Å²) >= 11 is 0. The Kier molecular flexibility index (Phi) is 5.87. The number of phenolic OH excluding ortho intramolecular Hbond substituents is 1. The lowest BCUT2D eigenvalue weighted by atomic mass is 9.85. The number of Topliss-reactive ketones (excluding diaryl/α,β-unsaturated/α-hetero) is 2.